The molecular weight excluding hydrogens is 252 g/mol. The maximum absolute atomic E-state index is 12.5. The number of hydrogen-bond acceptors (Lipinski definition) is 3. The highest BCUT2D eigenvalue weighted by Crippen LogP contribution is 2.29. The zero-order valence-electron chi connectivity index (χ0n) is 12.7. The first kappa shape index (κ1) is 15.2. The van der Waals surface area contributed by atoms with Crippen molar-refractivity contribution in [1.29, 1.82) is 0 Å². The normalized spacial score (nSPS) is 18.1. The molecule has 1 atom stereocenters. The van der Waals surface area contributed by atoms with Crippen LogP contribution >= 0.6 is 0 Å². The Hall–Kier alpha value is -1.16. The van der Waals surface area contributed by atoms with Gasteiger partial charge in [0.15, 0.2) is 5.78 Å². The summed E-state index contributed by atoms with van der Waals surface area (Å²) < 4.78 is 7.63. The van der Waals surface area contributed by atoms with Crippen LogP contribution in [0, 0.1) is 5.92 Å². The van der Waals surface area contributed by atoms with Crippen LogP contribution in [-0.4, -0.2) is 28.3 Å². The van der Waals surface area contributed by atoms with Gasteiger partial charge >= 0.3 is 0 Å². The van der Waals surface area contributed by atoms with Gasteiger partial charge in [-0.2, -0.15) is 5.10 Å². The number of rotatable bonds is 7. The summed E-state index contributed by atoms with van der Waals surface area (Å²) in [5, 5.41) is 4.23. The molecule has 0 aliphatic heterocycles. The second-order valence-corrected chi connectivity index (χ2v) is 5.62. The predicted octanol–water partition coefficient (Wildman–Crippen LogP) is 3.00. The molecule has 1 aromatic rings. The second-order valence-electron chi connectivity index (χ2n) is 5.62. The summed E-state index contributed by atoms with van der Waals surface area (Å²) in [4.78, 5) is 12.5. The molecule has 1 fully saturated rings. The maximum Gasteiger partial charge on any atom is 0.166 e. The Bertz CT molecular complexity index is 422. The summed E-state index contributed by atoms with van der Waals surface area (Å²) in [6.45, 7) is 5.47. The number of Topliss-reactive ketones (excluding diaryl/α,β-unsaturated/α-hetero) is 1. The van der Waals surface area contributed by atoms with E-state index in [0.717, 1.165) is 24.9 Å². The van der Waals surface area contributed by atoms with E-state index in [0.29, 0.717) is 18.9 Å². The van der Waals surface area contributed by atoms with Crippen LogP contribution in [0.15, 0.2) is 12.4 Å². The Morgan fingerprint density at radius 2 is 2.15 bits per heavy atom. The first-order valence-electron chi connectivity index (χ1n) is 7.90. The minimum Gasteiger partial charge on any atom is -0.370 e. The Labute approximate surface area is 121 Å². The van der Waals surface area contributed by atoms with Crippen LogP contribution in [-0.2, 0) is 22.5 Å². The number of carbonyl (C=O) groups excluding carboxylic acids is 1. The molecule has 1 aromatic heterocycles. The summed E-state index contributed by atoms with van der Waals surface area (Å²) in [7, 11) is 0. The molecule has 0 amide bonds. The average molecular weight is 278 g/mol. The molecule has 1 saturated carbocycles. The first-order chi connectivity index (χ1) is 9.74. The van der Waals surface area contributed by atoms with E-state index in [1.807, 2.05) is 24.7 Å². The number of aryl methyl sites for hydroxylation is 1. The van der Waals surface area contributed by atoms with Gasteiger partial charge in [0, 0.05) is 25.8 Å². The van der Waals surface area contributed by atoms with Gasteiger partial charge in [0.1, 0.15) is 6.10 Å². The van der Waals surface area contributed by atoms with Crippen LogP contribution in [0.2, 0.25) is 0 Å². The van der Waals surface area contributed by atoms with E-state index in [2.05, 4.69) is 5.10 Å². The number of nitrogens with zero attached hydrogens (tertiary/aromatic N) is 2. The van der Waals surface area contributed by atoms with Crippen molar-refractivity contribution in [2.75, 3.05) is 6.61 Å². The number of hydrogen-bond donors (Lipinski definition) is 0. The Morgan fingerprint density at radius 3 is 2.75 bits per heavy atom. The number of carbonyl (C=O) groups is 1. The third kappa shape index (κ3) is 3.92. The monoisotopic (exact) mass is 278 g/mol. The third-order valence-electron chi connectivity index (χ3n) is 4.13. The number of ether oxygens (including phenoxy) is 1. The minimum atomic E-state index is -0.217. The Morgan fingerprint density at radius 1 is 1.40 bits per heavy atom. The molecular formula is C16H26N2O2. The van der Waals surface area contributed by atoms with E-state index < -0.39 is 0 Å². The lowest BCUT2D eigenvalue weighted by molar-refractivity contribution is -0.134. The molecule has 1 aliphatic carbocycles. The van der Waals surface area contributed by atoms with Gasteiger partial charge in [-0.25, -0.2) is 0 Å². The van der Waals surface area contributed by atoms with Crippen molar-refractivity contribution in [3.8, 4) is 0 Å². The lowest BCUT2D eigenvalue weighted by Crippen LogP contribution is -2.35. The highest BCUT2D eigenvalue weighted by Gasteiger charge is 2.29. The molecule has 0 bridgehead atoms. The summed E-state index contributed by atoms with van der Waals surface area (Å²) in [6, 6.07) is 0. The Balaban J connectivity index is 1.98. The molecule has 0 aromatic carbocycles. The molecule has 112 valence electrons. The van der Waals surface area contributed by atoms with Gasteiger partial charge in [-0.15, -0.1) is 0 Å². The predicted molar refractivity (Wildman–Crippen MR) is 78.6 cm³/mol. The molecule has 0 saturated heterocycles. The second kappa shape index (κ2) is 7.58. The molecule has 1 heterocycles. The number of ketones is 1. The van der Waals surface area contributed by atoms with Crippen molar-refractivity contribution in [2.24, 2.45) is 5.92 Å². The van der Waals surface area contributed by atoms with Gasteiger partial charge in [0.25, 0.3) is 0 Å². The molecule has 0 N–H and O–H groups in total. The van der Waals surface area contributed by atoms with Gasteiger partial charge in [-0.1, -0.05) is 19.3 Å². The molecule has 4 heteroatoms. The van der Waals surface area contributed by atoms with Crippen molar-refractivity contribution < 1.29 is 9.53 Å². The van der Waals surface area contributed by atoms with E-state index in [1.54, 1.807) is 6.20 Å². The van der Waals surface area contributed by atoms with Crippen molar-refractivity contribution in [2.45, 2.75) is 65.0 Å². The fourth-order valence-corrected chi connectivity index (χ4v) is 3.08. The summed E-state index contributed by atoms with van der Waals surface area (Å²) in [6.07, 6.45) is 10.0. The number of aromatic nitrogens is 2. The van der Waals surface area contributed by atoms with E-state index >= 15 is 0 Å². The molecule has 2 rings (SSSR count). The summed E-state index contributed by atoms with van der Waals surface area (Å²) in [5.41, 5.74) is 0.998. The zero-order valence-corrected chi connectivity index (χ0v) is 12.7. The van der Waals surface area contributed by atoms with Crippen LogP contribution < -0.4 is 0 Å². The Kier molecular flexibility index (Phi) is 5.77. The fourth-order valence-electron chi connectivity index (χ4n) is 3.08. The van der Waals surface area contributed by atoms with Crippen LogP contribution in [0.3, 0.4) is 0 Å². The van der Waals surface area contributed by atoms with E-state index in [9.17, 15) is 4.79 Å². The maximum atomic E-state index is 12.5. The van der Waals surface area contributed by atoms with Crippen molar-refractivity contribution in [3.05, 3.63) is 18.0 Å². The van der Waals surface area contributed by atoms with Gasteiger partial charge in [0.05, 0.1) is 6.20 Å². The molecule has 4 nitrogen and oxygen atoms in total. The summed E-state index contributed by atoms with van der Waals surface area (Å²) >= 11 is 0. The average Bonchev–Trinajstić information content (AvgIpc) is 2.93. The van der Waals surface area contributed by atoms with Gasteiger partial charge in [0.2, 0.25) is 0 Å². The molecule has 1 aliphatic rings. The first-order valence-corrected chi connectivity index (χ1v) is 7.90. The van der Waals surface area contributed by atoms with E-state index in [4.69, 9.17) is 4.74 Å². The van der Waals surface area contributed by atoms with Crippen LogP contribution in [0.4, 0.5) is 0 Å². The van der Waals surface area contributed by atoms with Crippen molar-refractivity contribution in [1.82, 2.24) is 9.78 Å². The van der Waals surface area contributed by atoms with Crippen LogP contribution in [0.5, 0.6) is 0 Å². The lowest BCUT2D eigenvalue weighted by atomic mass is 9.83. The van der Waals surface area contributed by atoms with Crippen LogP contribution in [0.25, 0.3) is 0 Å². The molecule has 20 heavy (non-hydrogen) atoms. The van der Waals surface area contributed by atoms with Gasteiger partial charge in [-0.05, 0) is 38.2 Å². The smallest absolute Gasteiger partial charge is 0.166 e. The standard InChI is InChI=1S/C16H26N2O2/c1-3-18-12-13(11-17-18)10-15(19)16(20-4-2)14-8-6-5-7-9-14/h11-12,14,16H,3-10H2,1-2H3. The topological polar surface area (TPSA) is 44.1 Å². The fraction of sp³-hybridized carbons (Fsp3) is 0.750. The van der Waals surface area contributed by atoms with Crippen LogP contribution in [0.1, 0.15) is 51.5 Å². The summed E-state index contributed by atoms with van der Waals surface area (Å²) in [5.74, 6) is 0.631. The molecule has 0 radical (unpaired) electrons. The highest BCUT2D eigenvalue weighted by molar-refractivity contribution is 5.85. The zero-order chi connectivity index (χ0) is 14.4. The molecule has 1 unspecified atom stereocenters. The molecule has 0 spiro atoms. The van der Waals surface area contributed by atoms with Gasteiger partial charge in [-0.3, -0.25) is 9.48 Å². The van der Waals surface area contributed by atoms with E-state index in [-0.39, 0.29) is 11.9 Å². The lowest BCUT2D eigenvalue weighted by Gasteiger charge is -2.29. The SMILES string of the molecule is CCOC(C(=O)Cc1cnn(CC)c1)C1CCCCC1. The largest absolute Gasteiger partial charge is 0.370 e. The quantitative estimate of drug-likeness (QED) is 0.770. The third-order valence-corrected chi connectivity index (χ3v) is 4.13. The van der Waals surface area contributed by atoms with Crippen molar-refractivity contribution in [3.63, 3.8) is 0 Å². The van der Waals surface area contributed by atoms with Crippen molar-refractivity contribution >= 4 is 5.78 Å². The van der Waals surface area contributed by atoms with Gasteiger partial charge < -0.3 is 4.74 Å². The highest BCUT2D eigenvalue weighted by atomic mass is 16.5. The minimum absolute atomic E-state index is 0.217. The van der Waals surface area contributed by atoms with E-state index in [1.165, 1.54) is 19.3 Å².